The van der Waals surface area contributed by atoms with Crippen molar-refractivity contribution in [3.63, 3.8) is 0 Å². The molecule has 0 amide bonds. The van der Waals surface area contributed by atoms with Gasteiger partial charge in [-0.3, -0.25) is 4.98 Å². The predicted octanol–water partition coefficient (Wildman–Crippen LogP) is 3.00. The van der Waals surface area contributed by atoms with Crippen LogP contribution in [0.4, 0.5) is 13.2 Å². The summed E-state index contributed by atoms with van der Waals surface area (Å²) in [7, 11) is 0. The highest BCUT2D eigenvalue weighted by Gasteiger charge is 2.26. The molecule has 1 aromatic rings. The first-order valence-corrected chi connectivity index (χ1v) is 3.53. The van der Waals surface area contributed by atoms with E-state index in [0.29, 0.717) is 5.56 Å². The van der Waals surface area contributed by atoms with Gasteiger partial charge in [0.05, 0.1) is 0 Å². The van der Waals surface area contributed by atoms with Crippen molar-refractivity contribution in [2.24, 2.45) is 0 Å². The maximum Gasteiger partial charge on any atom is 0.389 e. The highest BCUT2D eigenvalue weighted by Crippen LogP contribution is 2.21. The van der Waals surface area contributed by atoms with Crippen molar-refractivity contribution in [3.8, 4) is 0 Å². The van der Waals surface area contributed by atoms with Crippen molar-refractivity contribution in [1.29, 1.82) is 0 Å². The molecule has 0 spiro atoms. The first kappa shape index (κ1) is 12.2. The van der Waals surface area contributed by atoms with Crippen molar-refractivity contribution in [3.05, 3.63) is 30.1 Å². The highest BCUT2D eigenvalue weighted by molar-refractivity contribution is 5.85. The van der Waals surface area contributed by atoms with Crippen LogP contribution in [0.25, 0.3) is 0 Å². The molecule has 0 unspecified atom stereocenters. The van der Waals surface area contributed by atoms with Crippen molar-refractivity contribution >= 4 is 12.4 Å². The van der Waals surface area contributed by atoms with Gasteiger partial charge in [0.2, 0.25) is 0 Å². The van der Waals surface area contributed by atoms with E-state index in [9.17, 15) is 13.2 Å². The largest absolute Gasteiger partial charge is 0.389 e. The second-order valence-electron chi connectivity index (χ2n) is 2.47. The summed E-state index contributed by atoms with van der Waals surface area (Å²) in [6.45, 7) is 0. The first-order chi connectivity index (χ1) is 5.58. The van der Waals surface area contributed by atoms with Gasteiger partial charge in [-0.05, 0) is 24.1 Å². The molecule has 1 aromatic heterocycles. The average molecular weight is 212 g/mol. The molecule has 0 aliphatic rings. The zero-order valence-electron chi connectivity index (χ0n) is 6.71. The summed E-state index contributed by atoms with van der Waals surface area (Å²) in [4.78, 5) is 3.71. The van der Waals surface area contributed by atoms with Crippen molar-refractivity contribution < 1.29 is 13.2 Å². The van der Waals surface area contributed by atoms with Crippen molar-refractivity contribution in [1.82, 2.24) is 4.98 Å². The third-order valence-electron chi connectivity index (χ3n) is 1.45. The fourth-order valence-electron chi connectivity index (χ4n) is 0.836. The van der Waals surface area contributed by atoms with Crippen LogP contribution in [-0.2, 0) is 6.42 Å². The average Bonchev–Trinajstić information content (AvgIpc) is 2.02. The molecule has 74 valence electrons. The molecule has 0 N–H and O–H groups in total. The van der Waals surface area contributed by atoms with E-state index in [1.165, 1.54) is 12.4 Å². The topological polar surface area (TPSA) is 12.9 Å². The van der Waals surface area contributed by atoms with Gasteiger partial charge in [-0.2, -0.15) is 13.2 Å². The third-order valence-corrected chi connectivity index (χ3v) is 1.45. The second-order valence-corrected chi connectivity index (χ2v) is 2.47. The van der Waals surface area contributed by atoms with Gasteiger partial charge in [-0.1, -0.05) is 0 Å². The number of pyridine rings is 1. The number of nitrogens with zero attached hydrogens (tertiary/aromatic N) is 1. The van der Waals surface area contributed by atoms with E-state index in [2.05, 4.69) is 4.98 Å². The third kappa shape index (κ3) is 5.47. The van der Waals surface area contributed by atoms with Crippen molar-refractivity contribution in [2.75, 3.05) is 0 Å². The number of hydrogen-bond acceptors (Lipinski definition) is 1. The number of halogens is 4. The molecule has 0 radical (unpaired) electrons. The molecule has 0 aliphatic carbocycles. The molecule has 1 heterocycles. The molecule has 0 atom stereocenters. The molecule has 5 heteroatoms. The van der Waals surface area contributed by atoms with Gasteiger partial charge >= 0.3 is 6.18 Å². The molecule has 0 fully saturated rings. The molecule has 13 heavy (non-hydrogen) atoms. The zero-order chi connectivity index (χ0) is 9.03. The summed E-state index contributed by atoms with van der Waals surface area (Å²) < 4.78 is 35.2. The summed E-state index contributed by atoms with van der Waals surface area (Å²) in [6, 6.07) is 3.18. The van der Waals surface area contributed by atoms with Gasteiger partial charge < -0.3 is 0 Å². The Hall–Kier alpha value is -0.770. The number of aromatic nitrogens is 1. The minimum absolute atomic E-state index is 0. The van der Waals surface area contributed by atoms with Crippen LogP contribution in [0.1, 0.15) is 12.0 Å². The number of rotatable bonds is 2. The SMILES string of the molecule is Cl.FC(F)(F)CCc1ccncc1. The minimum atomic E-state index is -4.07. The second kappa shape index (κ2) is 5.07. The molecule has 0 saturated carbocycles. The molecular formula is C8H9ClF3N. The molecule has 0 bridgehead atoms. The minimum Gasteiger partial charge on any atom is -0.265 e. The van der Waals surface area contributed by atoms with Crippen molar-refractivity contribution in [2.45, 2.75) is 19.0 Å². The molecule has 1 nitrogen and oxygen atoms in total. The zero-order valence-corrected chi connectivity index (χ0v) is 7.53. The summed E-state index contributed by atoms with van der Waals surface area (Å²) in [5, 5.41) is 0. The molecule has 0 aliphatic heterocycles. The lowest BCUT2D eigenvalue weighted by Gasteiger charge is -2.04. The van der Waals surface area contributed by atoms with Crippen LogP contribution >= 0.6 is 12.4 Å². The lowest BCUT2D eigenvalue weighted by Crippen LogP contribution is -2.08. The molecule has 0 saturated heterocycles. The van der Waals surface area contributed by atoms with Crippen LogP contribution in [0, 0.1) is 0 Å². The normalized spacial score (nSPS) is 10.7. The fourth-order valence-corrected chi connectivity index (χ4v) is 0.836. The van der Waals surface area contributed by atoms with Gasteiger partial charge in [0, 0.05) is 18.8 Å². The summed E-state index contributed by atoms with van der Waals surface area (Å²) in [6.07, 6.45) is -1.82. The summed E-state index contributed by atoms with van der Waals surface area (Å²) in [5.74, 6) is 0. The molecule has 1 rings (SSSR count). The van der Waals surface area contributed by atoms with E-state index in [0.717, 1.165) is 0 Å². The van der Waals surface area contributed by atoms with E-state index >= 15 is 0 Å². The van der Waals surface area contributed by atoms with Gasteiger partial charge in [-0.25, -0.2) is 0 Å². The molecular weight excluding hydrogens is 203 g/mol. The predicted molar refractivity (Wildman–Crippen MR) is 45.9 cm³/mol. The van der Waals surface area contributed by atoms with Crippen LogP contribution in [-0.4, -0.2) is 11.2 Å². The Labute approximate surface area is 80.4 Å². The Morgan fingerprint density at radius 3 is 2.15 bits per heavy atom. The fraction of sp³-hybridized carbons (Fsp3) is 0.375. The quantitative estimate of drug-likeness (QED) is 0.733. The van der Waals surface area contributed by atoms with E-state index in [-0.39, 0.29) is 18.8 Å². The van der Waals surface area contributed by atoms with Crippen LogP contribution in [0.2, 0.25) is 0 Å². The Morgan fingerprint density at radius 1 is 1.15 bits per heavy atom. The van der Waals surface area contributed by atoms with Crippen LogP contribution < -0.4 is 0 Å². The smallest absolute Gasteiger partial charge is 0.265 e. The summed E-state index contributed by atoms with van der Waals surface area (Å²) >= 11 is 0. The standard InChI is InChI=1S/C8H8F3N.ClH/c9-8(10,11)4-1-7-2-5-12-6-3-7;/h2-3,5-6H,1,4H2;1H. The Balaban J connectivity index is 0.00000144. The monoisotopic (exact) mass is 211 g/mol. The molecule has 0 aromatic carbocycles. The van der Waals surface area contributed by atoms with Crippen LogP contribution in [0.3, 0.4) is 0 Å². The lowest BCUT2D eigenvalue weighted by molar-refractivity contribution is -0.133. The Kier molecular flexibility index (Phi) is 4.77. The van der Waals surface area contributed by atoms with E-state index in [1.807, 2.05) is 0 Å². The van der Waals surface area contributed by atoms with Gasteiger partial charge in [0.25, 0.3) is 0 Å². The lowest BCUT2D eigenvalue weighted by atomic mass is 10.1. The summed E-state index contributed by atoms with van der Waals surface area (Å²) in [5.41, 5.74) is 0.669. The van der Waals surface area contributed by atoms with E-state index < -0.39 is 12.6 Å². The maximum absolute atomic E-state index is 11.7. The maximum atomic E-state index is 11.7. The van der Waals surface area contributed by atoms with Gasteiger partial charge in [0.1, 0.15) is 0 Å². The van der Waals surface area contributed by atoms with Crippen LogP contribution in [0.15, 0.2) is 24.5 Å². The number of hydrogen-bond donors (Lipinski definition) is 0. The van der Waals surface area contributed by atoms with E-state index in [1.54, 1.807) is 12.1 Å². The van der Waals surface area contributed by atoms with Gasteiger partial charge in [-0.15, -0.1) is 12.4 Å². The number of alkyl halides is 3. The van der Waals surface area contributed by atoms with Crippen LogP contribution in [0.5, 0.6) is 0 Å². The number of aryl methyl sites for hydroxylation is 1. The Morgan fingerprint density at radius 2 is 1.69 bits per heavy atom. The Bertz CT molecular complexity index is 235. The highest BCUT2D eigenvalue weighted by atomic mass is 35.5. The first-order valence-electron chi connectivity index (χ1n) is 3.53. The van der Waals surface area contributed by atoms with Gasteiger partial charge in [0.15, 0.2) is 0 Å². The van der Waals surface area contributed by atoms with E-state index in [4.69, 9.17) is 0 Å².